The topological polar surface area (TPSA) is 74.6 Å². The van der Waals surface area contributed by atoms with Crippen LogP contribution in [0.15, 0.2) is 0 Å². The highest BCUT2D eigenvalue weighted by molar-refractivity contribution is 5.70. The van der Waals surface area contributed by atoms with Crippen LogP contribution in [-0.2, 0) is 9.59 Å². The predicted octanol–water partition coefficient (Wildman–Crippen LogP) is 4.04. The van der Waals surface area contributed by atoms with Gasteiger partial charge in [-0.3, -0.25) is 9.59 Å². The van der Waals surface area contributed by atoms with E-state index in [9.17, 15) is 14.7 Å². The lowest BCUT2D eigenvalue weighted by Crippen LogP contribution is -2.26. The molecule has 0 aromatic rings. The highest BCUT2D eigenvalue weighted by atomic mass is 16.4. The maximum atomic E-state index is 11.4. The molecule has 0 aromatic heterocycles. The van der Waals surface area contributed by atoms with Crippen LogP contribution in [0, 0.1) is 23.2 Å². The lowest BCUT2D eigenvalue weighted by molar-refractivity contribution is -0.144. The van der Waals surface area contributed by atoms with Gasteiger partial charge in [-0.05, 0) is 42.9 Å². The average Bonchev–Trinajstić information content (AvgIpc) is 2.23. The third kappa shape index (κ3) is 8.94. The summed E-state index contributed by atoms with van der Waals surface area (Å²) in [5, 5.41) is 18.0. The van der Waals surface area contributed by atoms with Crippen LogP contribution >= 0.6 is 0 Å². The van der Waals surface area contributed by atoms with Gasteiger partial charge in [0, 0.05) is 6.42 Å². The molecule has 2 N–H and O–H groups in total. The summed E-state index contributed by atoms with van der Waals surface area (Å²) in [5.74, 6) is -1.45. The van der Waals surface area contributed by atoms with E-state index in [0.29, 0.717) is 12.8 Å². The van der Waals surface area contributed by atoms with Crippen LogP contribution in [0.25, 0.3) is 0 Å². The fourth-order valence-electron chi connectivity index (χ4n) is 2.74. The minimum absolute atomic E-state index is 0.127. The summed E-state index contributed by atoms with van der Waals surface area (Å²) in [5.41, 5.74) is 0.127. The summed E-state index contributed by atoms with van der Waals surface area (Å²) >= 11 is 0. The van der Waals surface area contributed by atoms with Crippen molar-refractivity contribution in [2.24, 2.45) is 23.2 Å². The van der Waals surface area contributed by atoms with Gasteiger partial charge in [0.05, 0.1) is 5.92 Å². The Morgan fingerprint density at radius 1 is 1.00 bits per heavy atom. The molecule has 0 rings (SSSR count). The van der Waals surface area contributed by atoms with Crippen molar-refractivity contribution in [3.63, 3.8) is 0 Å². The number of aliphatic carboxylic acids is 2. The Kier molecular flexibility index (Phi) is 7.84. The zero-order valence-corrected chi connectivity index (χ0v) is 13.5. The molecule has 0 aliphatic heterocycles. The molecule has 0 heterocycles. The van der Waals surface area contributed by atoms with Gasteiger partial charge in [-0.2, -0.15) is 0 Å². The van der Waals surface area contributed by atoms with Crippen molar-refractivity contribution in [2.75, 3.05) is 0 Å². The number of rotatable bonds is 9. The Bertz CT molecular complexity index is 317. The molecule has 4 heteroatoms. The van der Waals surface area contributed by atoms with Gasteiger partial charge in [0.2, 0.25) is 0 Å². The van der Waals surface area contributed by atoms with E-state index in [1.807, 2.05) is 13.8 Å². The molecule has 118 valence electrons. The van der Waals surface area contributed by atoms with E-state index in [2.05, 4.69) is 20.8 Å². The molecule has 0 aromatic carbocycles. The minimum Gasteiger partial charge on any atom is -0.481 e. The molecule has 20 heavy (non-hydrogen) atoms. The Morgan fingerprint density at radius 2 is 1.55 bits per heavy atom. The van der Waals surface area contributed by atoms with Crippen molar-refractivity contribution < 1.29 is 19.8 Å². The van der Waals surface area contributed by atoms with Crippen molar-refractivity contribution in [2.45, 2.75) is 66.7 Å². The molecule has 4 nitrogen and oxygen atoms in total. The monoisotopic (exact) mass is 286 g/mol. The van der Waals surface area contributed by atoms with Crippen molar-refractivity contribution in [3.8, 4) is 0 Å². The van der Waals surface area contributed by atoms with E-state index < -0.39 is 11.9 Å². The van der Waals surface area contributed by atoms with Crippen LogP contribution in [0.4, 0.5) is 0 Å². The maximum absolute atomic E-state index is 11.4. The maximum Gasteiger partial charge on any atom is 0.306 e. The van der Waals surface area contributed by atoms with Crippen molar-refractivity contribution >= 4 is 11.9 Å². The first-order chi connectivity index (χ1) is 9.03. The van der Waals surface area contributed by atoms with E-state index >= 15 is 0 Å². The van der Waals surface area contributed by atoms with Crippen LogP contribution in [0.1, 0.15) is 66.7 Å². The molecule has 3 unspecified atom stereocenters. The number of hydrogen-bond acceptors (Lipinski definition) is 2. The first kappa shape index (κ1) is 18.9. The van der Waals surface area contributed by atoms with E-state index in [-0.39, 0.29) is 29.6 Å². The van der Waals surface area contributed by atoms with Gasteiger partial charge < -0.3 is 10.2 Å². The van der Waals surface area contributed by atoms with Gasteiger partial charge in [-0.15, -0.1) is 0 Å². The Balaban J connectivity index is 4.34. The van der Waals surface area contributed by atoms with Crippen molar-refractivity contribution in [1.29, 1.82) is 0 Å². The van der Waals surface area contributed by atoms with Gasteiger partial charge in [-0.25, -0.2) is 0 Å². The van der Waals surface area contributed by atoms with Crippen LogP contribution in [0.5, 0.6) is 0 Å². The van der Waals surface area contributed by atoms with Gasteiger partial charge in [0.15, 0.2) is 0 Å². The zero-order chi connectivity index (χ0) is 15.9. The Labute approximate surface area is 122 Å². The van der Waals surface area contributed by atoms with Crippen LogP contribution in [0.2, 0.25) is 0 Å². The normalized spacial score (nSPS) is 16.4. The van der Waals surface area contributed by atoms with Crippen molar-refractivity contribution in [3.05, 3.63) is 0 Å². The Hall–Kier alpha value is -1.06. The number of carboxylic acid groups (broad SMARTS) is 2. The molecule has 3 atom stereocenters. The lowest BCUT2D eigenvalue weighted by Gasteiger charge is -2.28. The SMILES string of the molecule is CC(CCC(=O)O)CCC(C(=O)O)C(C)CC(C)(C)C. The van der Waals surface area contributed by atoms with Gasteiger partial charge >= 0.3 is 11.9 Å². The quantitative estimate of drug-likeness (QED) is 0.670. The van der Waals surface area contributed by atoms with Crippen molar-refractivity contribution in [1.82, 2.24) is 0 Å². The molecule has 0 bridgehead atoms. The molecule has 0 spiro atoms. The third-order valence-electron chi connectivity index (χ3n) is 3.76. The summed E-state index contributed by atoms with van der Waals surface area (Å²) in [4.78, 5) is 21.9. The number of carboxylic acids is 2. The second kappa shape index (κ2) is 8.28. The fraction of sp³-hybridized carbons (Fsp3) is 0.875. The summed E-state index contributed by atoms with van der Waals surface area (Å²) in [6.07, 6.45) is 3.07. The minimum atomic E-state index is -0.785. The highest BCUT2D eigenvalue weighted by Gasteiger charge is 2.28. The average molecular weight is 286 g/mol. The molecule has 0 aliphatic rings. The first-order valence-electron chi connectivity index (χ1n) is 7.47. The molecule has 0 radical (unpaired) electrons. The second-order valence-corrected chi connectivity index (χ2v) is 7.30. The summed E-state index contributed by atoms with van der Waals surface area (Å²) < 4.78 is 0. The largest absolute Gasteiger partial charge is 0.481 e. The fourth-order valence-corrected chi connectivity index (χ4v) is 2.74. The summed E-state index contributed by atoms with van der Waals surface area (Å²) in [7, 11) is 0. The summed E-state index contributed by atoms with van der Waals surface area (Å²) in [6, 6.07) is 0. The lowest BCUT2D eigenvalue weighted by atomic mass is 9.77. The second-order valence-electron chi connectivity index (χ2n) is 7.30. The molecule has 0 saturated carbocycles. The zero-order valence-electron chi connectivity index (χ0n) is 13.5. The smallest absolute Gasteiger partial charge is 0.306 e. The standard InChI is InChI=1S/C16H30O4/c1-11(7-9-14(17)18)6-8-13(15(19)20)12(2)10-16(3,4)5/h11-13H,6-10H2,1-5H3,(H,17,18)(H,19,20). The van der Waals surface area contributed by atoms with Gasteiger partial charge in [0.25, 0.3) is 0 Å². The van der Waals surface area contributed by atoms with Crippen LogP contribution in [-0.4, -0.2) is 22.2 Å². The third-order valence-corrected chi connectivity index (χ3v) is 3.76. The number of carbonyl (C=O) groups is 2. The molecule has 0 fully saturated rings. The van der Waals surface area contributed by atoms with Crippen LogP contribution < -0.4 is 0 Å². The highest BCUT2D eigenvalue weighted by Crippen LogP contribution is 2.32. The van der Waals surface area contributed by atoms with Crippen LogP contribution in [0.3, 0.4) is 0 Å². The van der Waals surface area contributed by atoms with Gasteiger partial charge in [-0.1, -0.05) is 34.6 Å². The molecular weight excluding hydrogens is 256 g/mol. The molecule has 0 aliphatic carbocycles. The van der Waals surface area contributed by atoms with Gasteiger partial charge in [0.1, 0.15) is 0 Å². The predicted molar refractivity (Wildman–Crippen MR) is 79.6 cm³/mol. The molecule has 0 amide bonds. The number of hydrogen-bond donors (Lipinski definition) is 2. The first-order valence-corrected chi connectivity index (χ1v) is 7.47. The van der Waals surface area contributed by atoms with E-state index in [0.717, 1.165) is 12.8 Å². The van der Waals surface area contributed by atoms with E-state index in [1.54, 1.807) is 0 Å². The summed E-state index contributed by atoms with van der Waals surface area (Å²) in [6.45, 7) is 10.4. The van der Waals surface area contributed by atoms with E-state index in [1.165, 1.54) is 0 Å². The van der Waals surface area contributed by atoms with E-state index in [4.69, 9.17) is 5.11 Å². The molecular formula is C16H30O4. The Morgan fingerprint density at radius 3 is 1.95 bits per heavy atom. The molecule has 0 saturated heterocycles.